The molecular weight excluding hydrogens is 346 g/mol. The van der Waals surface area contributed by atoms with Crippen LogP contribution in [-0.4, -0.2) is 63.8 Å². The number of aliphatic hydroxyl groups is 1. The summed E-state index contributed by atoms with van der Waals surface area (Å²) in [7, 11) is 0. The molecule has 10 nitrogen and oxygen atoms in total. The molecule has 1 rings (SSSR count). The quantitative estimate of drug-likeness (QED) is 0.277. The Morgan fingerprint density at radius 1 is 0.962 bits per heavy atom. The fourth-order valence-electron chi connectivity index (χ4n) is 2.08. The van der Waals surface area contributed by atoms with Gasteiger partial charge in [0.15, 0.2) is 0 Å². The summed E-state index contributed by atoms with van der Waals surface area (Å²) >= 11 is 0. The van der Waals surface area contributed by atoms with Crippen LogP contribution in [0.25, 0.3) is 0 Å². The average molecular weight is 367 g/mol. The van der Waals surface area contributed by atoms with Gasteiger partial charge in [-0.25, -0.2) is 4.79 Å². The van der Waals surface area contributed by atoms with E-state index in [1.807, 2.05) is 5.32 Å². The van der Waals surface area contributed by atoms with Gasteiger partial charge >= 0.3 is 11.9 Å². The molecule has 3 unspecified atom stereocenters. The number of carboxylic acid groups (broad SMARTS) is 2. The molecule has 142 valence electrons. The van der Waals surface area contributed by atoms with Crippen molar-refractivity contribution in [3.8, 4) is 0 Å². The summed E-state index contributed by atoms with van der Waals surface area (Å²) in [6.45, 7) is -0.887. The molecule has 0 heterocycles. The van der Waals surface area contributed by atoms with Crippen LogP contribution in [0.2, 0.25) is 0 Å². The highest BCUT2D eigenvalue weighted by atomic mass is 16.4. The van der Waals surface area contributed by atoms with Crippen LogP contribution in [0.15, 0.2) is 30.3 Å². The minimum absolute atomic E-state index is 0.169. The number of aliphatic carboxylic acids is 2. The van der Waals surface area contributed by atoms with E-state index in [9.17, 15) is 19.2 Å². The lowest BCUT2D eigenvalue weighted by molar-refractivity contribution is -0.144. The van der Waals surface area contributed by atoms with Crippen molar-refractivity contribution in [2.24, 2.45) is 5.73 Å². The molecule has 0 aromatic heterocycles. The van der Waals surface area contributed by atoms with Gasteiger partial charge in [-0.2, -0.15) is 0 Å². The summed E-state index contributed by atoms with van der Waals surface area (Å²) in [5.41, 5.74) is 6.56. The van der Waals surface area contributed by atoms with Gasteiger partial charge in [-0.05, 0) is 12.0 Å². The molecule has 0 aliphatic heterocycles. The van der Waals surface area contributed by atoms with Gasteiger partial charge in [0.25, 0.3) is 0 Å². The first kappa shape index (κ1) is 21.1. The number of hydrogen-bond acceptors (Lipinski definition) is 6. The van der Waals surface area contributed by atoms with Crippen LogP contribution < -0.4 is 16.4 Å². The lowest BCUT2D eigenvalue weighted by Gasteiger charge is -2.21. The van der Waals surface area contributed by atoms with Crippen molar-refractivity contribution in [3.63, 3.8) is 0 Å². The van der Waals surface area contributed by atoms with Crippen LogP contribution in [0.1, 0.15) is 12.0 Å². The van der Waals surface area contributed by atoms with Crippen LogP contribution in [0.4, 0.5) is 0 Å². The second-order valence-corrected chi connectivity index (χ2v) is 5.54. The minimum atomic E-state index is -1.62. The van der Waals surface area contributed by atoms with Crippen LogP contribution in [0.5, 0.6) is 0 Å². The fourth-order valence-corrected chi connectivity index (χ4v) is 2.08. The predicted molar refractivity (Wildman–Crippen MR) is 89.0 cm³/mol. The Hall–Kier alpha value is -2.98. The average Bonchev–Trinajstić information content (AvgIpc) is 2.58. The van der Waals surface area contributed by atoms with Crippen molar-refractivity contribution in [1.29, 1.82) is 0 Å². The zero-order valence-electron chi connectivity index (χ0n) is 13.8. The molecule has 1 aromatic rings. The molecule has 0 saturated heterocycles. The van der Waals surface area contributed by atoms with E-state index in [-0.39, 0.29) is 6.42 Å². The summed E-state index contributed by atoms with van der Waals surface area (Å²) in [6, 6.07) is 4.66. The summed E-state index contributed by atoms with van der Waals surface area (Å²) < 4.78 is 0. The maximum atomic E-state index is 12.2. The van der Waals surface area contributed by atoms with Gasteiger partial charge < -0.3 is 31.7 Å². The lowest BCUT2D eigenvalue weighted by atomic mass is 10.1. The van der Waals surface area contributed by atoms with E-state index in [1.165, 1.54) is 0 Å². The Kier molecular flexibility index (Phi) is 8.19. The van der Waals surface area contributed by atoms with E-state index in [4.69, 9.17) is 21.1 Å². The first-order chi connectivity index (χ1) is 12.2. The van der Waals surface area contributed by atoms with Crippen LogP contribution in [-0.2, 0) is 25.6 Å². The van der Waals surface area contributed by atoms with E-state index in [2.05, 4.69) is 5.32 Å². The van der Waals surface area contributed by atoms with Crippen molar-refractivity contribution < 1.29 is 34.5 Å². The molecule has 0 saturated carbocycles. The van der Waals surface area contributed by atoms with Crippen LogP contribution in [0, 0.1) is 0 Å². The number of carboxylic acids is 2. The highest BCUT2D eigenvalue weighted by Gasteiger charge is 2.29. The molecule has 3 atom stereocenters. The first-order valence-corrected chi connectivity index (χ1v) is 7.70. The predicted octanol–water partition coefficient (Wildman–Crippen LogP) is -1.92. The summed E-state index contributed by atoms with van der Waals surface area (Å²) in [5.74, 6) is -4.68. The number of hydrogen-bond donors (Lipinski definition) is 6. The van der Waals surface area contributed by atoms with E-state index in [1.54, 1.807) is 30.3 Å². The standard InChI is InChI=1S/C16H21N3O7/c17-10(6-9-4-2-1-3-5-9)14(23)18-11(7-13(21)22)15(24)19-12(8-20)16(25)26/h1-5,10-12,20H,6-8,17H2,(H,18,23)(H,19,24)(H,21,22)(H,25,26). The molecule has 1 aromatic carbocycles. The highest BCUT2D eigenvalue weighted by molar-refractivity contribution is 5.94. The second kappa shape index (κ2) is 10.1. The zero-order valence-corrected chi connectivity index (χ0v) is 13.8. The Bertz CT molecular complexity index is 651. The SMILES string of the molecule is NC(Cc1ccccc1)C(=O)NC(CC(=O)O)C(=O)NC(CO)C(=O)O. The fraction of sp³-hybridized carbons (Fsp3) is 0.375. The molecule has 0 fully saturated rings. The van der Waals surface area contributed by atoms with Crippen molar-refractivity contribution >= 4 is 23.8 Å². The topological polar surface area (TPSA) is 179 Å². The molecule has 0 aliphatic carbocycles. The summed E-state index contributed by atoms with van der Waals surface area (Å²) in [6.07, 6.45) is -0.601. The van der Waals surface area contributed by atoms with Crippen molar-refractivity contribution in [2.75, 3.05) is 6.61 Å². The molecule has 0 radical (unpaired) electrons. The van der Waals surface area contributed by atoms with Crippen LogP contribution in [0.3, 0.4) is 0 Å². The number of aliphatic hydroxyl groups excluding tert-OH is 1. The number of carbonyl (C=O) groups excluding carboxylic acids is 2. The molecule has 26 heavy (non-hydrogen) atoms. The van der Waals surface area contributed by atoms with Gasteiger partial charge in [0.1, 0.15) is 12.1 Å². The van der Waals surface area contributed by atoms with Crippen molar-refractivity contribution in [1.82, 2.24) is 10.6 Å². The zero-order chi connectivity index (χ0) is 19.7. The molecule has 0 aliphatic rings. The largest absolute Gasteiger partial charge is 0.481 e. The number of amides is 2. The number of rotatable bonds is 10. The minimum Gasteiger partial charge on any atom is -0.481 e. The molecule has 7 N–H and O–H groups in total. The third-order valence-electron chi connectivity index (χ3n) is 3.44. The van der Waals surface area contributed by atoms with Gasteiger partial charge in [-0.15, -0.1) is 0 Å². The number of carbonyl (C=O) groups is 4. The number of nitrogens with one attached hydrogen (secondary N) is 2. The maximum Gasteiger partial charge on any atom is 0.328 e. The highest BCUT2D eigenvalue weighted by Crippen LogP contribution is 2.03. The molecule has 2 amide bonds. The first-order valence-electron chi connectivity index (χ1n) is 7.70. The third kappa shape index (κ3) is 6.87. The van der Waals surface area contributed by atoms with Gasteiger partial charge in [0.05, 0.1) is 19.1 Å². The van der Waals surface area contributed by atoms with Crippen molar-refractivity contribution in [3.05, 3.63) is 35.9 Å². The van der Waals surface area contributed by atoms with Gasteiger partial charge in [-0.3, -0.25) is 14.4 Å². The van der Waals surface area contributed by atoms with Gasteiger partial charge in [0.2, 0.25) is 11.8 Å². The Balaban J connectivity index is 2.76. The number of nitrogens with two attached hydrogens (primary N) is 1. The molecule has 0 bridgehead atoms. The molecular formula is C16H21N3O7. The second-order valence-electron chi connectivity index (χ2n) is 5.54. The Morgan fingerprint density at radius 3 is 2.04 bits per heavy atom. The number of benzene rings is 1. The smallest absolute Gasteiger partial charge is 0.328 e. The summed E-state index contributed by atoms with van der Waals surface area (Å²) in [5, 5.41) is 30.8. The Morgan fingerprint density at radius 2 is 1.54 bits per heavy atom. The molecule has 0 spiro atoms. The van der Waals surface area contributed by atoms with Crippen LogP contribution >= 0.6 is 0 Å². The maximum absolute atomic E-state index is 12.2. The van der Waals surface area contributed by atoms with E-state index < -0.39 is 54.9 Å². The summed E-state index contributed by atoms with van der Waals surface area (Å²) in [4.78, 5) is 46.0. The normalized spacial score (nSPS) is 13.9. The monoisotopic (exact) mass is 367 g/mol. The van der Waals surface area contributed by atoms with E-state index >= 15 is 0 Å². The van der Waals surface area contributed by atoms with Gasteiger partial charge in [-0.1, -0.05) is 30.3 Å². The third-order valence-corrected chi connectivity index (χ3v) is 3.44. The van der Waals surface area contributed by atoms with E-state index in [0.29, 0.717) is 0 Å². The lowest BCUT2D eigenvalue weighted by Crippen LogP contribution is -2.56. The van der Waals surface area contributed by atoms with E-state index in [0.717, 1.165) is 5.56 Å². The van der Waals surface area contributed by atoms with Gasteiger partial charge in [0, 0.05) is 0 Å². The Labute approximate surface area is 149 Å². The van der Waals surface area contributed by atoms with Crippen molar-refractivity contribution in [2.45, 2.75) is 31.0 Å². The molecule has 10 heteroatoms.